The molecule has 8 nitrogen and oxygen atoms in total. The van der Waals surface area contributed by atoms with Crippen LogP contribution in [0.4, 0.5) is 11.9 Å². The highest BCUT2D eigenvalue weighted by atomic mass is 79.9. The Bertz CT molecular complexity index is 1250. The second kappa shape index (κ2) is 10.9. The van der Waals surface area contributed by atoms with Crippen molar-refractivity contribution in [1.29, 1.82) is 0 Å². The number of nitrogens with two attached hydrogens (primary N) is 2. The smallest absolute Gasteiger partial charge is 0.267 e. The molecule has 0 unspecified atom stereocenters. The van der Waals surface area contributed by atoms with E-state index in [0.717, 1.165) is 21.3 Å². The van der Waals surface area contributed by atoms with Crippen LogP contribution in [0.5, 0.6) is 5.88 Å². The molecule has 0 fully saturated rings. The van der Waals surface area contributed by atoms with Crippen molar-refractivity contribution in [2.45, 2.75) is 6.92 Å². The Morgan fingerprint density at radius 2 is 1.38 bits per heavy atom. The number of aromatic nitrogens is 4. The van der Waals surface area contributed by atoms with Crippen molar-refractivity contribution in [3.63, 3.8) is 0 Å². The number of nitrogens with zero attached hydrogens (tertiary/aromatic N) is 3. The molecule has 0 saturated carbocycles. The first-order chi connectivity index (χ1) is 15.4. The van der Waals surface area contributed by atoms with Crippen LogP contribution in [0.1, 0.15) is 6.92 Å². The molecule has 0 atom stereocenters. The van der Waals surface area contributed by atoms with E-state index in [1.807, 2.05) is 67.6 Å². The standard InChI is InChI=1S/C12H12BrN3O.C10H8BrN3O/c1-2-17-11-9(13)10(15-12(14)16-11)8-6-4-3-5-7-8;11-7-8(6-4-2-1-3-5-6)13-10(12)14-9(7)15/h3-7H,2H2,1H3,(H2,14,15,16);1-5H,(H3,12,13,14,15). The molecule has 0 amide bonds. The van der Waals surface area contributed by atoms with Crippen molar-refractivity contribution in [2.75, 3.05) is 18.1 Å². The SMILES string of the molecule is CCOc1nc(N)nc(-c2ccccc2)c1Br.Nc1nc(-c2ccccc2)c(Br)c(=O)[nH]1. The van der Waals surface area contributed by atoms with Crippen LogP contribution in [0.3, 0.4) is 0 Å². The van der Waals surface area contributed by atoms with Crippen molar-refractivity contribution in [2.24, 2.45) is 0 Å². The highest BCUT2D eigenvalue weighted by Gasteiger charge is 2.13. The topological polar surface area (TPSA) is 133 Å². The summed E-state index contributed by atoms with van der Waals surface area (Å²) in [5.41, 5.74) is 14.0. The highest BCUT2D eigenvalue weighted by molar-refractivity contribution is 9.11. The molecule has 4 aromatic rings. The lowest BCUT2D eigenvalue weighted by Gasteiger charge is -2.09. The molecule has 164 valence electrons. The Morgan fingerprint density at radius 3 is 1.91 bits per heavy atom. The summed E-state index contributed by atoms with van der Waals surface area (Å²) in [6, 6.07) is 19.1. The first-order valence-electron chi connectivity index (χ1n) is 9.52. The average Bonchev–Trinajstić information content (AvgIpc) is 2.80. The summed E-state index contributed by atoms with van der Waals surface area (Å²) in [6.07, 6.45) is 0. The summed E-state index contributed by atoms with van der Waals surface area (Å²) in [7, 11) is 0. The van der Waals surface area contributed by atoms with Crippen LogP contribution in [0, 0.1) is 0 Å². The summed E-state index contributed by atoms with van der Waals surface area (Å²) in [6.45, 7) is 2.43. The van der Waals surface area contributed by atoms with Gasteiger partial charge in [-0.1, -0.05) is 60.7 Å². The van der Waals surface area contributed by atoms with Crippen LogP contribution < -0.4 is 21.8 Å². The average molecular weight is 560 g/mol. The Labute approximate surface area is 201 Å². The number of nitrogens with one attached hydrogen (secondary N) is 1. The van der Waals surface area contributed by atoms with E-state index in [-0.39, 0.29) is 17.5 Å². The predicted molar refractivity (Wildman–Crippen MR) is 133 cm³/mol. The van der Waals surface area contributed by atoms with Crippen molar-refractivity contribution in [1.82, 2.24) is 19.9 Å². The number of H-pyrrole nitrogens is 1. The summed E-state index contributed by atoms with van der Waals surface area (Å²) < 4.78 is 6.52. The second-order valence-electron chi connectivity index (χ2n) is 6.33. The van der Waals surface area contributed by atoms with Crippen molar-refractivity contribution < 1.29 is 4.74 Å². The van der Waals surface area contributed by atoms with Gasteiger partial charge in [0, 0.05) is 11.1 Å². The van der Waals surface area contributed by atoms with Gasteiger partial charge in [-0.2, -0.15) is 4.98 Å². The Hall–Kier alpha value is -3.24. The van der Waals surface area contributed by atoms with Crippen LogP contribution in [0.2, 0.25) is 0 Å². The van der Waals surface area contributed by atoms with Crippen LogP contribution in [0.25, 0.3) is 22.5 Å². The molecule has 4 rings (SSSR count). The lowest BCUT2D eigenvalue weighted by Crippen LogP contribution is -2.13. The molecule has 10 heteroatoms. The van der Waals surface area contributed by atoms with E-state index >= 15 is 0 Å². The van der Waals surface area contributed by atoms with Crippen molar-refractivity contribution >= 4 is 43.8 Å². The van der Waals surface area contributed by atoms with Gasteiger partial charge in [0.05, 0.1) is 18.0 Å². The molecule has 0 aliphatic rings. The zero-order valence-electron chi connectivity index (χ0n) is 17.0. The number of anilines is 2. The van der Waals surface area contributed by atoms with Gasteiger partial charge in [0.15, 0.2) is 0 Å². The number of aromatic amines is 1. The maximum Gasteiger partial charge on any atom is 0.267 e. The van der Waals surface area contributed by atoms with Gasteiger partial charge in [-0.3, -0.25) is 9.78 Å². The Morgan fingerprint density at radius 1 is 0.844 bits per heavy atom. The zero-order chi connectivity index (χ0) is 23.1. The number of halogens is 2. The summed E-state index contributed by atoms with van der Waals surface area (Å²) in [4.78, 5) is 26.2. The van der Waals surface area contributed by atoms with E-state index in [9.17, 15) is 4.79 Å². The maximum atomic E-state index is 11.4. The van der Waals surface area contributed by atoms with Gasteiger partial charge in [0.25, 0.3) is 5.56 Å². The minimum absolute atomic E-state index is 0.113. The minimum atomic E-state index is -0.277. The number of nitrogen functional groups attached to an aromatic ring is 2. The van der Waals surface area contributed by atoms with E-state index in [1.165, 1.54) is 0 Å². The van der Waals surface area contributed by atoms with E-state index < -0.39 is 0 Å². The fourth-order valence-corrected chi connectivity index (χ4v) is 3.66. The molecule has 0 saturated heterocycles. The summed E-state index contributed by atoms with van der Waals surface area (Å²) in [5.74, 6) is 0.788. The zero-order valence-corrected chi connectivity index (χ0v) is 20.2. The van der Waals surface area contributed by atoms with Gasteiger partial charge in [-0.25, -0.2) is 9.97 Å². The van der Waals surface area contributed by atoms with Crippen LogP contribution in [-0.2, 0) is 0 Å². The van der Waals surface area contributed by atoms with E-state index in [2.05, 4.69) is 51.8 Å². The van der Waals surface area contributed by atoms with Crippen LogP contribution in [-0.4, -0.2) is 26.5 Å². The maximum absolute atomic E-state index is 11.4. The number of benzene rings is 2. The molecule has 2 aromatic carbocycles. The fourth-order valence-electron chi connectivity index (χ4n) is 2.73. The van der Waals surface area contributed by atoms with Gasteiger partial charge in [-0.15, -0.1) is 0 Å². The third-order valence-electron chi connectivity index (χ3n) is 4.09. The molecule has 32 heavy (non-hydrogen) atoms. The van der Waals surface area contributed by atoms with E-state index in [4.69, 9.17) is 16.2 Å². The number of rotatable bonds is 4. The van der Waals surface area contributed by atoms with Crippen molar-refractivity contribution in [3.8, 4) is 28.4 Å². The molecule has 0 aliphatic carbocycles. The van der Waals surface area contributed by atoms with E-state index in [1.54, 1.807) is 0 Å². The van der Waals surface area contributed by atoms with Gasteiger partial charge >= 0.3 is 0 Å². The first-order valence-corrected chi connectivity index (χ1v) is 11.1. The molecule has 0 bridgehead atoms. The summed E-state index contributed by atoms with van der Waals surface area (Å²) >= 11 is 6.64. The van der Waals surface area contributed by atoms with Crippen LogP contribution in [0.15, 0.2) is 74.4 Å². The van der Waals surface area contributed by atoms with Gasteiger partial charge in [0.2, 0.25) is 17.8 Å². The van der Waals surface area contributed by atoms with Gasteiger partial charge < -0.3 is 16.2 Å². The number of hydrogen-bond acceptors (Lipinski definition) is 7. The lowest BCUT2D eigenvalue weighted by molar-refractivity contribution is 0.324. The van der Waals surface area contributed by atoms with E-state index in [0.29, 0.717) is 22.7 Å². The number of hydrogen-bond donors (Lipinski definition) is 3. The van der Waals surface area contributed by atoms with Gasteiger partial charge in [0.1, 0.15) is 8.95 Å². The van der Waals surface area contributed by atoms with Gasteiger partial charge in [-0.05, 0) is 38.8 Å². The van der Waals surface area contributed by atoms with Crippen molar-refractivity contribution in [3.05, 3.63) is 80.0 Å². The lowest BCUT2D eigenvalue weighted by atomic mass is 10.1. The Kier molecular flexibility index (Phi) is 7.96. The quantitative estimate of drug-likeness (QED) is 0.331. The molecular formula is C22H20Br2N6O2. The molecule has 2 aromatic heterocycles. The molecule has 2 heterocycles. The molecule has 0 radical (unpaired) electrons. The second-order valence-corrected chi connectivity index (χ2v) is 7.91. The molecular weight excluding hydrogens is 540 g/mol. The third-order valence-corrected chi connectivity index (χ3v) is 5.55. The monoisotopic (exact) mass is 558 g/mol. The molecule has 0 aliphatic heterocycles. The fraction of sp³-hybridized carbons (Fsp3) is 0.0909. The number of ether oxygens (including phenoxy) is 1. The third kappa shape index (κ3) is 5.71. The largest absolute Gasteiger partial charge is 0.477 e. The van der Waals surface area contributed by atoms with Crippen LogP contribution >= 0.6 is 31.9 Å². The minimum Gasteiger partial charge on any atom is -0.477 e. The predicted octanol–water partition coefficient (Wildman–Crippen LogP) is 4.67. The first kappa shape index (κ1) is 23.4. The molecule has 0 spiro atoms. The normalized spacial score (nSPS) is 10.2. The molecule has 5 N–H and O–H groups in total. The Balaban J connectivity index is 0.000000182. The summed E-state index contributed by atoms with van der Waals surface area (Å²) in [5, 5.41) is 0. The highest BCUT2D eigenvalue weighted by Crippen LogP contribution is 2.33.